The number of rotatable bonds is 6. The van der Waals surface area contributed by atoms with Gasteiger partial charge in [-0.25, -0.2) is 19.0 Å². The van der Waals surface area contributed by atoms with Gasteiger partial charge in [-0.1, -0.05) is 19.1 Å². The lowest BCUT2D eigenvalue weighted by Crippen LogP contribution is -2.28. The number of hydrogen-bond donors (Lipinski definition) is 2. The van der Waals surface area contributed by atoms with Crippen molar-refractivity contribution in [3.63, 3.8) is 0 Å². The monoisotopic (exact) mass is 244 g/mol. The van der Waals surface area contributed by atoms with E-state index in [1.807, 2.05) is 6.92 Å². The van der Waals surface area contributed by atoms with Crippen molar-refractivity contribution >= 4 is 10.0 Å². The summed E-state index contributed by atoms with van der Waals surface area (Å²) in [5.74, 6) is 4.80. The van der Waals surface area contributed by atoms with Crippen LogP contribution in [0.15, 0.2) is 29.2 Å². The van der Waals surface area contributed by atoms with Crippen molar-refractivity contribution in [2.75, 3.05) is 13.2 Å². The van der Waals surface area contributed by atoms with Crippen LogP contribution in [0.1, 0.15) is 12.5 Å². The molecule has 0 spiro atoms. The number of sulfonamides is 1. The van der Waals surface area contributed by atoms with Gasteiger partial charge in [0.15, 0.2) is 0 Å². The van der Waals surface area contributed by atoms with E-state index in [9.17, 15) is 8.42 Å². The van der Waals surface area contributed by atoms with Gasteiger partial charge in [0, 0.05) is 6.54 Å². The van der Waals surface area contributed by atoms with Gasteiger partial charge in [0.05, 0.1) is 11.5 Å². The van der Waals surface area contributed by atoms with Crippen LogP contribution < -0.4 is 10.6 Å². The molecule has 0 saturated carbocycles. The maximum atomic E-state index is 11.7. The molecule has 0 aliphatic carbocycles. The maximum absolute atomic E-state index is 11.7. The third kappa shape index (κ3) is 3.57. The summed E-state index contributed by atoms with van der Waals surface area (Å²) in [5.41, 5.74) is 1.10. The first-order valence-corrected chi connectivity index (χ1v) is 6.48. The molecular weight excluding hydrogens is 228 g/mol. The third-order valence-corrected chi connectivity index (χ3v) is 3.63. The van der Waals surface area contributed by atoms with Crippen molar-refractivity contribution in [1.82, 2.24) is 4.72 Å². The molecule has 3 N–H and O–H groups in total. The van der Waals surface area contributed by atoms with Crippen LogP contribution in [0.3, 0.4) is 0 Å². The van der Waals surface area contributed by atoms with E-state index in [0.29, 0.717) is 0 Å². The molecular formula is C10H16N2O3S. The maximum Gasteiger partial charge on any atom is 0.240 e. The van der Waals surface area contributed by atoms with Crippen molar-refractivity contribution < 1.29 is 13.3 Å². The number of nitrogens with two attached hydrogens (primary N) is 1. The van der Waals surface area contributed by atoms with Gasteiger partial charge in [-0.05, 0) is 24.1 Å². The molecule has 16 heavy (non-hydrogen) atoms. The van der Waals surface area contributed by atoms with Crippen molar-refractivity contribution in [3.8, 4) is 0 Å². The zero-order valence-corrected chi connectivity index (χ0v) is 9.96. The Kier molecular flexibility index (Phi) is 4.88. The molecule has 0 atom stereocenters. The second kappa shape index (κ2) is 5.95. The average Bonchev–Trinajstić information content (AvgIpc) is 2.29. The SMILES string of the molecule is CCc1ccc(S(=O)(=O)NCCON)cc1. The summed E-state index contributed by atoms with van der Waals surface area (Å²) >= 11 is 0. The number of nitrogens with one attached hydrogen (secondary N) is 1. The third-order valence-electron chi connectivity index (χ3n) is 2.15. The van der Waals surface area contributed by atoms with E-state index in [1.165, 1.54) is 0 Å². The van der Waals surface area contributed by atoms with Crippen molar-refractivity contribution in [2.45, 2.75) is 18.2 Å². The smallest absolute Gasteiger partial charge is 0.240 e. The molecule has 90 valence electrons. The fraction of sp³-hybridized carbons (Fsp3) is 0.400. The number of aryl methyl sites for hydroxylation is 1. The Morgan fingerprint density at radius 1 is 1.31 bits per heavy atom. The van der Waals surface area contributed by atoms with Gasteiger partial charge in [-0.2, -0.15) is 0 Å². The highest BCUT2D eigenvalue weighted by Crippen LogP contribution is 2.10. The van der Waals surface area contributed by atoms with E-state index >= 15 is 0 Å². The Morgan fingerprint density at radius 2 is 1.94 bits per heavy atom. The van der Waals surface area contributed by atoms with Crippen LogP contribution in [0, 0.1) is 0 Å². The highest BCUT2D eigenvalue weighted by molar-refractivity contribution is 7.89. The lowest BCUT2D eigenvalue weighted by atomic mass is 10.2. The fourth-order valence-corrected chi connectivity index (χ4v) is 2.24. The molecule has 0 bridgehead atoms. The fourth-order valence-electron chi connectivity index (χ4n) is 1.22. The summed E-state index contributed by atoms with van der Waals surface area (Å²) in [6.45, 7) is 2.32. The molecule has 0 aliphatic rings. The molecule has 0 aliphatic heterocycles. The molecule has 5 nitrogen and oxygen atoms in total. The van der Waals surface area contributed by atoms with Crippen LogP contribution in [0.5, 0.6) is 0 Å². The van der Waals surface area contributed by atoms with E-state index in [0.717, 1.165) is 12.0 Å². The predicted octanol–water partition coefficient (Wildman–Crippen LogP) is 0.418. The van der Waals surface area contributed by atoms with Crippen LogP contribution in [-0.4, -0.2) is 21.6 Å². The molecule has 0 amide bonds. The van der Waals surface area contributed by atoms with Gasteiger partial charge in [-0.15, -0.1) is 0 Å². The Bertz CT molecular complexity index is 414. The van der Waals surface area contributed by atoms with Crippen LogP contribution in [0.25, 0.3) is 0 Å². The molecule has 0 fully saturated rings. The van der Waals surface area contributed by atoms with Crippen LogP contribution in [0.2, 0.25) is 0 Å². The van der Waals surface area contributed by atoms with Crippen LogP contribution in [0.4, 0.5) is 0 Å². The van der Waals surface area contributed by atoms with Gasteiger partial charge in [0.1, 0.15) is 0 Å². The molecule has 0 saturated heterocycles. The van der Waals surface area contributed by atoms with E-state index in [4.69, 9.17) is 5.90 Å². The van der Waals surface area contributed by atoms with Crippen LogP contribution >= 0.6 is 0 Å². The highest BCUT2D eigenvalue weighted by atomic mass is 32.2. The molecule has 0 heterocycles. The van der Waals surface area contributed by atoms with Crippen molar-refractivity contribution in [3.05, 3.63) is 29.8 Å². The zero-order valence-electron chi connectivity index (χ0n) is 9.14. The normalized spacial score (nSPS) is 11.6. The molecule has 6 heteroatoms. The summed E-state index contributed by atoms with van der Waals surface area (Å²) in [4.78, 5) is 4.53. The Hall–Kier alpha value is -0.950. The lowest BCUT2D eigenvalue weighted by Gasteiger charge is -2.06. The molecule has 1 aromatic carbocycles. The standard InChI is InChI=1S/C10H16N2O3S/c1-2-9-3-5-10(6-4-9)16(13,14)12-7-8-15-11/h3-6,12H,2,7-8,11H2,1H3. The second-order valence-corrected chi connectivity index (χ2v) is 5.03. The van der Waals surface area contributed by atoms with Gasteiger partial charge in [0.2, 0.25) is 10.0 Å². The first-order chi connectivity index (χ1) is 7.60. The Labute approximate surface area is 95.6 Å². The first-order valence-electron chi connectivity index (χ1n) is 5.00. The van der Waals surface area contributed by atoms with E-state index in [1.54, 1.807) is 24.3 Å². The summed E-state index contributed by atoms with van der Waals surface area (Å²) in [7, 11) is -3.44. The highest BCUT2D eigenvalue weighted by Gasteiger charge is 2.12. The topological polar surface area (TPSA) is 81.4 Å². The van der Waals surface area contributed by atoms with Crippen molar-refractivity contribution in [1.29, 1.82) is 0 Å². The number of hydrogen-bond acceptors (Lipinski definition) is 4. The average molecular weight is 244 g/mol. The largest absolute Gasteiger partial charge is 0.303 e. The molecule has 0 aromatic heterocycles. The van der Waals surface area contributed by atoms with Gasteiger partial charge < -0.3 is 4.84 Å². The molecule has 1 rings (SSSR count). The predicted molar refractivity (Wildman–Crippen MR) is 61.1 cm³/mol. The zero-order chi connectivity index (χ0) is 12.0. The minimum atomic E-state index is -3.44. The molecule has 0 unspecified atom stereocenters. The van der Waals surface area contributed by atoms with E-state index in [-0.39, 0.29) is 18.0 Å². The summed E-state index contributed by atoms with van der Waals surface area (Å²) < 4.78 is 25.8. The summed E-state index contributed by atoms with van der Waals surface area (Å²) in [5, 5.41) is 0. The Morgan fingerprint density at radius 3 is 2.44 bits per heavy atom. The Balaban J connectivity index is 2.74. The first kappa shape index (κ1) is 13.1. The van der Waals surface area contributed by atoms with Crippen LogP contribution in [-0.2, 0) is 21.3 Å². The van der Waals surface area contributed by atoms with E-state index < -0.39 is 10.0 Å². The minimum Gasteiger partial charge on any atom is -0.303 e. The van der Waals surface area contributed by atoms with Gasteiger partial charge in [-0.3, -0.25) is 0 Å². The summed E-state index contributed by atoms with van der Waals surface area (Å²) in [6.07, 6.45) is 0.884. The molecule has 1 aromatic rings. The molecule has 0 radical (unpaired) electrons. The quantitative estimate of drug-likeness (QED) is 0.561. The van der Waals surface area contributed by atoms with Gasteiger partial charge in [0.25, 0.3) is 0 Å². The number of benzene rings is 1. The lowest BCUT2D eigenvalue weighted by molar-refractivity contribution is 0.143. The second-order valence-electron chi connectivity index (χ2n) is 3.27. The van der Waals surface area contributed by atoms with E-state index in [2.05, 4.69) is 9.56 Å². The minimum absolute atomic E-state index is 0.145. The van der Waals surface area contributed by atoms with Crippen molar-refractivity contribution in [2.24, 2.45) is 5.90 Å². The van der Waals surface area contributed by atoms with Gasteiger partial charge >= 0.3 is 0 Å². The summed E-state index contributed by atoms with van der Waals surface area (Å²) in [6, 6.07) is 6.77.